The van der Waals surface area contributed by atoms with Crippen molar-refractivity contribution in [3.63, 3.8) is 0 Å². The van der Waals surface area contributed by atoms with Gasteiger partial charge < -0.3 is 9.15 Å². The largest absolute Gasteiger partial charge is 0.442 e. The fraction of sp³-hybridized carbons (Fsp3) is 0.0556. The van der Waals surface area contributed by atoms with Gasteiger partial charge in [0.25, 0.3) is 0 Å². The average molecular weight is 357 g/mol. The average Bonchev–Trinajstić information content (AvgIpc) is 2.96. The van der Waals surface area contributed by atoms with E-state index < -0.39 is 5.97 Å². The molecular weight excluding hydrogens is 344 g/mol. The molecule has 2 aromatic carbocycles. The molecule has 0 bridgehead atoms. The molecule has 0 unspecified atom stereocenters. The predicted molar refractivity (Wildman–Crippen MR) is 88.0 cm³/mol. The molecule has 3 nitrogen and oxygen atoms in total. The highest BCUT2D eigenvalue weighted by Crippen LogP contribution is 2.23. The lowest BCUT2D eigenvalue weighted by molar-refractivity contribution is 0.0700. The van der Waals surface area contributed by atoms with Crippen LogP contribution in [0.4, 0.5) is 0 Å². The third-order valence-electron chi connectivity index (χ3n) is 3.22. The van der Waals surface area contributed by atoms with Crippen molar-refractivity contribution in [1.82, 2.24) is 0 Å². The van der Waals surface area contributed by atoms with Crippen molar-refractivity contribution in [2.75, 3.05) is 0 Å². The van der Waals surface area contributed by atoms with Gasteiger partial charge in [-0.15, -0.1) is 0 Å². The van der Waals surface area contributed by atoms with Crippen LogP contribution in [-0.4, -0.2) is 5.97 Å². The summed E-state index contributed by atoms with van der Waals surface area (Å²) in [5.41, 5.74) is 3.41. The second-order valence-electron chi connectivity index (χ2n) is 4.88. The molecule has 0 N–H and O–H groups in total. The second-order valence-corrected chi connectivity index (χ2v) is 5.67. The van der Waals surface area contributed by atoms with Crippen LogP contribution in [0.5, 0.6) is 5.75 Å². The summed E-state index contributed by atoms with van der Waals surface area (Å²) in [6.45, 7) is 2.05. The number of rotatable bonds is 3. The standard InChI is InChI=1S/C18H13BrO3/c1-12-2-4-13(5-3-12)14-6-8-15(9-7-14)21-18(20)16-10-11-17(19)22-16/h2-11H,1H3. The molecule has 1 aromatic heterocycles. The molecule has 0 aliphatic rings. The molecule has 0 spiro atoms. The van der Waals surface area contributed by atoms with Crippen LogP contribution in [0.1, 0.15) is 16.1 Å². The Balaban J connectivity index is 1.74. The van der Waals surface area contributed by atoms with Crippen molar-refractivity contribution in [2.24, 2.45) is 0 Å². The van der Waals surface area contributed by atoms with Crippen LogP contribution in [0.15, 0.2) is 69.8 Å². The van der Waals surface area contributed by atoms with E-state index in [1.54, 1.807) is 24.3 Å². The van der Waals surface area contributed by atoms with Crippen molar-refractivity contribution in [3.8, 4) is 16.9 Å². The smallest absolute Gasteiger partial charge is 0.379 e. The van der Waals surface area contributed by atoms with Gasteiger partial charge in [0.2, 0.25) is 5.76 Å². The minimum Gasteiger partial charge on any atom is -0.442 e. The first-order valence-corrected chi connectivity index (χ1v) is 7.56. The monoisotopic (exact) mass is 356 g/mol. The summed E-state index contributed by atoms with van der Waals surface area (Å²) in [6, 6.07) is 18.9. The zero-order valence-electron chi connectivity index (χ0n) is 11.9. The highest BCUT2D eigenvalue weighted by atomic mass is 79.9. The van der Waals surface area contributed by atoms with E-state index in [4.69, 9.17) is 9.15 Å². The predicted octanol–water partition coefficient (Wildman–Crippen LogP) is 5.24. The van der Waals surface area contributed by atoms with Gasteiger partial charge in [-0.05, 0) is 58.2 Å². The quantitative estimate of drug-likeness (QED) is 0.476. The summed E-state index contributed by atoms with van der Waals surface area (Å²) in [4.78, 5) is 11.9. The Morgan fingerprint density at radius 3 is 2.05 bits per heavy atom. The number of aryl methyl sites for hydroxylation is 1. The first kappa shape index (κ1) is 14.6. The number of ether oxygens (including phenoxy) is 1. The maximum absolute atomic E-state index is 11.9. The molecule has 0 radical (unpaired) electrons. The maximum atomic E-state index is 11.9. The Morgan fingerprint density at radius 1 is 0.909 bits per heavy atom. The molecule has 110 valence electrons. The number of esters is 1. The molecule has 0 saturated carbocycles. The van der Waals surface area contributed by atoms with Gasteiger partial charge in [0.05, 0.1) is 0 Å². The van der Waals surface area contributed by atoms with Crippen molar-refractivity contribution < 1.29 is 13.9 Å². The number of hydrogen-bond donors (Lipinski definition) is 0. The van der Waals surface area contributed by atoms with Crippen LogP contribution >= 0.6 is 15.9 Å². The van der Waals surface area contributed by atoms with Gasteiger partial charge in [0.15, 0.2) is 4.67 Å². The highest BCUT2D eigenvalue weighted by Gasteiger charge is 2.13. The Morgan fingerprint density at radius 2 is 1.50 bits per heavy atom. The van der Waals surface area contributed by atoms with E-state index in [0.29, 0.717) is 10.4 Å². The number of hydrogen-bond acceptors (Lipinski definition) is 3. The summed E-state index contributed by atoms with van der Waals surface area (Å²) < 4.78 is 10.9. The van der Waals surface area contributed by atoms with E-state index >= 15 is 0 Å². The number of carbonyl (C=O) groups is 1. The minimum atomic E-state index is -0.520. The molecule has 0 aliphatic carbocycles. The highest BCUT2D eigenvalue weighted by molar-refractivity contribution is 9.10. The van der Waals surface area contributed by atoms with Crippen molar-refractivity contribution in [2.45, 2.75) is 6.92 Å². The van der Waals surface area contributed by atoms with Crippen LogP contribution in [0, 0.1) is 6.92 Å². The zero-order chi connectivity index (χ0) is 15.5. The van der Waals surface area contributed by atoms with Crippen LogP contribution < -0.4 is 4.74 Å². The van der Waals surface area contributed by atoms with E-state index in [2.05, 4.69) is 47.1 Å². The third kappa shape index (κ3) is 3.28. The number of furan rings is 1. The zero-order valence-corrected chi connectivity index (χ0v) is 13.5. The van der Waals surface area contributed by atoms with Gasteiger partial charge in [0, 0.05) is 0 Å². The van der Waals surface area contributed by atoms with Crippen LogP contribution in [0.3, 0.4) is 0 Å². The SMILES string of the molecule is Cc1ccc(-c2ccc(OC(=O)c3ccc(Br)o3)cc2)cc1. The summed E-state index contributed by atoms with van der Waals surface area (Å²) in [6.07, 6.45) is 0. The summed E-state index contributed by atoms with van der Waals surface area (Å²) in [5, 5.41) is 0. The van der Waals surface area contributed by atoms with E-state index in [9.17, 15) is 4.79 Å². The third-order valence-corrected chi connectivity index (χ3v) is 3.65. The Labute approximate surface area is 136 Å². The molecule has 0 saturated heterocycles. The first-order valence-electron chi connectivity index (χ1n) is 6.76. The van der Waals surface area contributed by atoms with Gasteiger partial charge in [0.1, 0.15) is 5.75 Å². The van der Waals surface area contributed by atoms with Gasteiger partial charge >= 0.3 is 5.97 Å². The molecule has 0 fully saturated rings. The van der Waals surface area contributed by atoms with Gasteiger partial charge in [-0.25, -0.2) is 4.79 Å². The fourth-order valence-corrected chi connectivity index (χ4v) is 2.35. The van der Waals surface area contributed by atoms with Gasteiger partial charge in [-0.1, -0.05) is 42.0 Å². The van der Waals surface area contributed by atoms with Crippen LogP contribution in [0.2, 0.25) is 0 Å². The number of halogens is 1. The lowest BCUT2D eigenvalue weighted by Gasteiger charge is -2.05. The lowest BCUT2D eigenvalue weighted by atomic mass is 10.0. The fourth-order valence-electron chi connectivity index (χ4n) is 2.04. The topological polar surface area (TPSA) is 39.4 Å². The molecule has 22 heavy (non-hydrogen) atoms. The summed E-state index contributed by atoms with van der Waals surface area (Å²) in [7, 11) is 0. The second kappa shape index (κ2) is 6.20. The van der Waals surface area contributed by atoms with E-state index in [1.165, 1.54) is 5.56 Å². The lowest BCUT2D eigenvalue weighted by Crippen LogP contribution is -2.06. The normalized spacial score (nSPS) is 10.5. The molecule has 4 heteroatoms. The molecule has 3 aromatic rings. The molecule has 0 aliphatic heterocycles. The Hall–Kier alpha value is -2.33. The van der Waals surface area contributed by atoms with E-state index in [-0.39, 0.29) is 5.76 Å². The number of benzene rings is 2. The molecule has 1 heterocycles. The van der Waals surface area contributed by atoms with Crippen LogP contribution in [-0.2, 0) is 0 Å². The molecular formula is C18H13BrO3. The van der Waals surface area contributed by atoms with Crippen molar-refractivity contribution in [1.29, 1.82) is 0 Å². The van der Waals surface area contributed by atoms with Crippen molar-refractivity contribution in [3.05, 3.63) is 76.7 Å². The first-order chi connectivity index (χ1) is 10.6. The van der Waals surface area contributed by atoms with Gasteiger partial charge in [-0.2, -0.15) is 0 Å². The van der Waals surface area contributed by atoms with Crippen LogP contribution in [0.25, 0.3) is 11.1 Å². The molecule has 0 amide bonds. The molecule has 0 atom stereocenters. The Bertz CT molecular complexity index is 786. The summed E-state index contributed by atoms with van der Waals surface area (Å²) in [5.74, 6) is 0.122. The summed E-state index contributed by atoms with van der Waals surface area (Å²) >= 11 is 3.15. The van der Waals surface area contributed by atoms with E-state index in [1.807, 2.05) is 12.1 Å². The number of carbonyl (C=O) groups excluding carboxylic acids is 1. The maximum Gasteiger partial charge on any atom is 0.379 e. The minimum absolute atomic E-state index is 0.162. The van der Waals surface area contributed by atoms with E-state index in [0.717, 1.165) is 11.1 Å². The Kier molecular flexibility index (Phi) is 4.11. The van der Waals surface area contributed by atoms with Gasteiger partial charge in [-0.3, -0.25) is 0 Å². The van der Waals surface area contributed by atoms with Crippen molar-refractivity contribution >= 4 is 21.9 Å². The molecule has 3 rings (SSSR count).